The van der Waals surface area contributed by atoms with Crippen LogP contribution in [-0.4, -0.2) is 49.3 Å². The van der Waals surface area contributed by atoms with Crippen molar-refractivity contribution in [2.45, 2.75) is 392 Å². The van der Waals surface area contributed by atoms with Gasteiger partial charge in [0.2, 0.25) is 0 Å². The topological polar surface area (TPSA) is 134 Å². The molecule has 0 saturated heterocycles. The predicted molar refractivity (Wildman–Crippen MR) is 440 cm³/mol. The van der Waals surface area contributed by atoms with Gasteiger partial charge in [0.05, 0.1) is 13.2 Å². The Bertz CT molecular complexity index is 2180. The van der Waals surface area contributed by atoms with Crippen LogP contribution in [0.15, 0.2) is 146 Å². The summed E-state index contributed by atoms with van der Waals surface area (Å²) in [4.78, 5) is 35.5. The summed E-state index contributed by atoms with van der Waals surface area (Å²) in [6.07, 6.45) is 123. The highest BCUT2D eigenvalue weighted by Gasteiger charge is 2.26. The Hall–Kier alpha value is -4.11. The largest absolute Gasteiger partial charge is 0.472 e. The molecule has 0 aromatic heterocycles. The minimum Gasteiger partial charge on any atom is -0.462 e. The molecule has 0 aliphatic rings. The van der Waals surface area contributed by atoms with Crippen molar-refractivity contribution in [2.75, 3.05) is 26.4 Å². The highest BCUT2D eigenvalue weighted by atomic mass is 31.2. The van der Waals surface area contributed by atoms with Crippen LogP contribution in [0.2, 0.25) is 0 Å². The van der Waals surface area contributed by atoms with Gasteiger partial charge in [-0.3, -0.25) is 18.6 Å². The van der Waals surface area contributed by atoms with Crippen molar-refractivity contribution in [1.29, 1.82) is 0 Å². The van der Waals surface area contributed by atoms with E-state index < -0.39 is 26.5 Å². The fraction of sp³-hybridized carbons (Fsp3) is 0.714. The van der Waals surface area contributed by atoms with Crippen LogP contribution < -0.4 is 5.73 Å². The fourth-order valence-corrected chi connectivity index (χ4v) is 12.8. The molecular formula is C91H158NO8P. The smallest absolute Gasteiger partial charge is 0.462 e. The van der Waals surface area contributed by atoms with Crippen LogP contribution in [0.5, 0.6) is 0 Å². The van der Waals surface area contributed by atoms with Crippen LogP contribution >= 0.6 is 7.82 Å². The van der Waals surface area contributed by atoms with Gasteiger partial charge in [0, 0.05) is 19.4 Å². The number of hydrogen-bond donors (Lipinski definition) is 2. The van der Waals surface area contributed by atoms with Gasteiger partial charge in [-0.25, -0.2) is 4.57 Å². The first-order valence-corrected chi connectivity index (χ1v) is 43.8. The first-order chi connectivity index (χ1) is 49.8. The summed E-state index contributed by atoms with van der Waals surface area (Å²) in [6, 6.07) is 0. The third-order valence-electron chi connectivity index (χ3n) is 18.2. The van der Waals surface area contributed by atoms with Crippen molar-refractivity contribution in [1.82, 2.24) is 0 Å². The number of esters is 2. The normalized spacial score (nSPS) is 13.6. The van der Waals surface area contributed by atoms with E-state index in [2.05, 4.69) is 160 Å². The van der Waals surface area contributed by atoms with Crippen LogP contribution in [0.25, 0.3) is 0 Å². The average molecular weight is 1430 g/mol. The first-order valence-electron chi connectivity index (χ1n) is 42.3. The highest BCUT2D eigenvalue weighted by Crippen LogP contribution is 2.43. The van der Waals surface area contributed by atoms with E-state index in [1.165, 1.54) is 238 Å². The molecule has 10 heteroatoms. The molecule has 0 aromatic rings. The van der Waals surface area contributed by atoms with E-state index in [1.54, 1.807) is 0 Å². The summed E-state index contributed by atoms with van der Waals surface area (Å²) in [6.45, 7) is 3.65. The molecular weight excluding hydrogens is 1270 g/mol. The molecule has 0 amide bonds. The molecule has 0 bridgehead atoms. The van der Waals surface area contributed by atoms with E-state index in [4.69, 9.17) is 24.3 Å². The van der Waals surface area contributed by atoms with Gasteiger partial charge < -0.3 is 20.1 Å². The van der Waals surface area contributed by atoms with Gasteiger partial charge >= 0.3 is 19.8 Å². The summed E-state index contributed by atoms with van der Waals surface area (Å²) in [7, 11) is -4.41. The zero-order valence-electron chi connectivity index (χ0n) is 65.6. The molecule has 0 radical (unpaired) electrons. The predicted octanol–water partition coefficient (Wildman–Crippen LogP) is 28.9. The number of hydrogen-bond acceptors (Lipinski definition) is 8. The Kier molecular flexibility index (Phi) is 81.4. The summed E-state index contributed by atoms with van der Waals surface area (Å²) < 4.78 is 33.3. The monoisotopic (exact) mass is 1420 g/mol. The van der Waals surface area contributed by atoms with E-state index in [9.17, 15) is 19.0 Å². The maximum Gasteiger partial charge on any atom is 0.472 e. The lowest BCUT2D eigenvalue weighted by molar-refractivity contribution is -0.161. The summed E-state index contributed by atoms with van der Waals surface area (Å²) in [5, 5.41) is 0. The van der Waals surface area contributed by atoms with Crippen LogP contribution in [-0.2, 0) is 32.7 Å². The van der Waals surface area contributed by atoms with E-state index in [0.717, 1.165) is 116 Å². The molecule has 0 spiro atoms. The molecule has 0 aliphatic heterocycles. The average Bonchev–Trinajstić information content (AvgIpc) is 1.04. The lowest BCUT2D eigenvalue weighted by Crippen LogP contribution is -2.29. The number of carbonyl (C=O) groups excluding carboxylic acids is 2. The fourth-order valence-electron chi connectivity index (χ4n) is 12.0. The van der Waals surface area contributed by atoms with Crippen molar-refractivity contribution in [3.63, 3.8) is 0 Å². The summed E-state index contributed by atoms with van der Waals surface area (Å²) >= 11 is 0. The van der Waals surface area contributed by atoms with E-state index in [-0.39, 0.29) is 38.6 Å². The van der Waals surface area contributed by atoms with Crippen molar-refractivity contribution < 1.29 is 37.6 Å². The van der Waals surface area contributed by atoms with Crippen molar-refractivity contribution in [3.05, 3.63) is 146 Å². The van der Waals surface area contributed by atoms with Gasteiger partial charge in [-0.2, -0.15) is 0 Å². The van der Waals surface area contributed by atoms with Gasteiger partial charge in [0.15, 0.2) is 6.10 Å². The van der Waals surface area contributed by atoms with Gasteiger partial charge in [-0.1, -0.05) is 397 Å². The van der Waals surface area contributed by atoms with Gasteiger partial charge in [0.25, 0.3) is 0 Å². The van der Waals surface area contributed by atoms with Gasteiger partial charge in [-0.15, -0.1) is 0 Å². The van der Waals surface area contributed by atoms with Crippen LogP contribution in [0.3, 0.4) is 0 Å². The molecule has 0 aliphatic carbocycles. The van der Waals surface area contributed by atoms with E-state index in [1.807, 2.05) is 0 Å². The minimum atomic E-state index is -4.41. The third kappa shape index (κ3) is 84.7. The molecule has 0 fully saturated rings. The minimum absolute atomic E-state index is 0.0486. The Morgan fingerprint density at radius 3 is 0.812 bits per heavy atom. The first kappa shape index (κ1) is 96.9. The molecule has 0 saturated carbocycles. The maximum atomic E-state index is 12.8. The Labute approximate surface area is 624 Å². The van der Waals surface area contributed by atoms with Crippen LogP contribution in [0, 0.1) is 0 Å². The molecule has 2 unspecified atom stereocenters. The van der Waals surface area contributed by atoms with Gasteiger partial charge in [-0.05, 0) is 122 Å². The van der Waals surface area contributed by atoms with Crippen molar-refractivity contribution in [3.8, 4) is 0 Å². The van der Waals surface area contributed by atoms with Crippen LogP contribution in [0.1, 0.15) is 386 Å². The summed E-state index contributed by atoms with van der Waals surface area (Å²) in [5.74, 6) is -0.824. The quantitative estimate of drug-likeness (QED) is 0.0264. The molecule has 580 valence electrons. The number of nitrogens with two attached hydrogens (primary N) is 1. The highest BCUT2D eigenvalue weighted by molar-refractivity contribution is 7.47. The molecule has 0 aromatic carbocycles. The van der Waals surface area contributed by atoms with E-state index in [0.29, 0.717) is 6.42 Å². The Morgan fingerprint density at radius 2 is 0.545 bits per heavy atom. The number of allylic oxidation sites excluding steroid dienone is 24. The molecule has 101 heavy (non-hydrogen) atoms. The third-order valence-corrected chi connectivity index (χ3v) is 19.2. The second kappa shape index (κ2) is 84.8. The van der Waals surface area contributed by atoms with Gasteiger partial charge in [0.1, 0.15) is 6.61 Å². The molecule has 2 atom stereocenters. The number of phosphoric acid groups is 1. The number of carbonyl (C=O) groups is 2. The number of ether oxygens (including phenoxy) is 2. The molecule has 0 heterocycles. The number of rotatable bonds is 79. The zero-order valence-corrected chi connectivity index (χ0v) is 66.5. The standard InChI is InChI=1S/C91H158NO8P/c1-3-5-7-9-11-13-15-17-19-21-23-25-27-29-31-33-35-37-39-41-43-44-46-48-50-52-54-56-58-60-62-64-66-68-70-72-74-76-78-80-82-84-91(94)100-89(88-99-101(95,96)98-86-85-92)87-97-90(93)83-81-79-77-75-73-71-69-67-65-63-61-59-57-55-53-51-49-47-45-42-40-38-36-34-32-30-28-26-24-22-20-18-16-14-12-10-8-6-4-2/h5,7,11,13,16-19,22-25,29,31,35,37,41,43,46,48,52,54,58,60,89H,3-4,6,8-10,12,14-15,20-21,26-28,30,32-34,36,38-40,42,44-45,47,49-51,53,55-57,59,61-88,92H2,1-2H3,(H,95,96)/b7-5-,13-11-,18-16-,19-17-,24-22-,25-23-,31-29-,37-35-,43-41-,48-46-,54-52-,60-58-. The van der Waals surface area contributed by atoms with Crippen molar-refractivity contribution in [2.24, 2.45) is 5.73 Å². The van der Waals surface area contributed by atoms with Crippen molar-refractivity contribution >= 4 is 19.8 Å². The SMILES string of the molecule is CC/C=C\C/C=C\C/C=C\C/C=C\C/C=C\C/C=C\C/C=C\C/C=C\C/C=C\C/C=C\CCCCCCCCCCCCC(=O)OC(COC(=O)CCCCCCCCCCCCCCCCCCCCCCCCCCCCC/C=C\C/C=C\CCCCCCC)COP(=O)(O)OCCN. The lowest BCUT2D eigenvalue weighted by atomic mass is 10.0. The molecule has 0 rings (SSSR count). The summed E-state index contributed by atoms with van der Waals surface area (Å²) in [5.41, 5.74) is 5.42. The Morgan fingerprint density at radius 1 is 0.307 bits per heavy atom. The van der Waals surface area contributed by atoms with Crippen LogP contribution in [0.4, 0.5) is 0 Å². The Balaban J connectivity index is 3.83. The lowest BCUT2D eigenvalue weighted by Gasteiger charge is -2.19. The zero-order chi connectivity index (χ0) is 72.9. The molecule has 9 nitrogen and oxygen atoms in total. The number of unbranched alkanes of at least 4 members (excludes halogenated alkanes) is 42. The van der Waals surface area contributed by atoms with E-state index >= 15 is 0 Å². The second-order valence-electron chi connectivity index (χ2n) is 28.0. The maximum absolute atomic E-state index is 12.8. The number of phosphoric ester groups is 1. The second-order valence-corrected chi connectivity index (χ2v) is 29.4. The molecule has 3 N–H and O–H groups in total.